The number of hydrogen-bond acceptors (Lipinski definition) is 4. The number of imidazole rings is 1. The Labute approximate surface area is 137 Å². The van der Waals surface area contributed by atoms with Crippen molar-refractivity contribution in [1.29, 1.82) is 0 Å². The van der Waals surface area contributed by atoms with Gasteiger partial charge in [-0.3, -0.25) is 0 Å². The third-order valence-electron chi connectivity index (χ3n) is 3.04. The van der Waals surface area contributed by atoms with Crippen molar-refractivity contribution in [3.8, 4) is 5.69 Å². The molecule has 8 heteroatoms. The molecule has 1 aromatic carbocycles. The number of aromatic nitrogens is 2. The van der Waals surface area contributed by atoms with Gasteiger partial charge in [-0.05, 0) is 23.8 Å². The van der Waals surface area contributed by atoms with Crippen molar-refractivity contribution in [3.05, 3.63) is 65.0 Å². The molecule has 0 aliphatic carbocycles. The summed E-state index contributed by atoms with van der Waals surface area (Å²) in [6.45, 7) is 0.187. The molecule has 0 spiro atoms. The van der Waals surface area contributed by atoms with Crippen LogP contribution in [0.25, 0.3) is 5.69 Å². The highest BCUT2D eigenvalue weighted by atomic mass is 35.5. The molecule has 5 nitrogen and oxygen atoms in total. The SMILES string of the molecule is O=S(=O)(NCc1ccccc1-n1ccnc1)c1ccc(Cl)s1. The molecule has 0 unspecified atom stereocenters. The Kier molecular flexibility index (Phi) is 4.30. The van der Waals surface area contributed by atoms with Crippen molar-refractivity contribution in [3.63, 3.8) is 0 Å². The Morgan fingerprint density at radius 3 is 2.73 bits per heavy atom. The van der Waals surface area contributed by atoms with Crippen molar-refractivity contribution >= 4 is 33.0 Å². The minimum atomic E-state index is -3.56. The van der Waals surface area contributed by atoms with Crippen molar-refractivity contribution in [1.82, 2.24) is 14.3 Å². The fourth-order valence-electron chi connectivity index (χ4n) is 2.00. The van der Waals surface area contributed by atoms with Crippen LogP contribution in [0.4, 0.5) is 0 Å². The van der Waals surface area contributed by atoms with E-state index in [4.69, 9.17) is 11.6 Å². The number of hydrogen-bond donors (Lipinski definition) is 1. The van der Waals surface area contributed by atoms with E-state index < -0.39 is 10.0 Å². The van der Waals surface area contributed by atoms with E-state index in [0.29, 0.717) is 4.34 Å². The molecule has 0 aliphatic heterocycles. The number of nitrogens with zero attached hydrogens (tertiary/aromatic N) is 2. The highest BCUT2D eigenvalue weighted by molar-refractivity contribution is 7.91. The summed E-state index contributed by atoms with van der Waals surface area (Å²) in [4.78, 5) is 4.01. The predicted octanol–water partition coefficient (Wildman–Crippen LogP) is 3.07. The van der Waals surface area contributed by atoms with E-state index in [1.54, 1.807) is 18.6 Å². The second-order valence-electron chi connectivity index (χ2n) is 4.48. The lowest BCUT2D eigenvalue weighted by Gasteiger charge is -2.11. The van der Waals surface area contributed by atoms with Crippen LogP contribution in [0.5, 0.6) is 0 Å². The van der Waals surface area contributed by atoms with Gasteiger partial charge >= 0.3 is 0 Å². The van der Waals surface area contributed by atoms with Crippen LogP contribution in [0, 0.1) is 0 Å². The van der Waals surface area contributed by atoms with Crippen LogP contribution in [-0.2, 0) is 16.6 Å². The maximum atomic E-state index is 12.2. The van der Waals surface area contributed by atoms with Gasteiger partial charge in [0.15, 0.2) is 0 Å². The maximum Gasteiger partial charge on any atom is 0.250 e. The summed E-state index contributed by atoms with van der Waals surface area (Å²) in [6, 6.07) is 10.6. The molecule has 0 saturated carbocycles. The van der Waals surface area contributed by atoms with Gasteiger partial charge in [-0.25, -0.2) is 18.1 Å². The van der Waals surface area contributed by atoms with Crippen molar-refractivity contribution in [2.24, 2.45) is 0 Å². The molecule has 0 atom stereocenters. The quantitative estimate of drug-likeness (QED) is 0.766. The van der Waals surface area contributed by atoms with Crippen LogP contribution in [0.2, 0.25) is 4.34 Å². The Hall–Kier alpha value is -1.67. The Morgan fingerprint density at radius 1 is 1.23 bits per heavy atom. The minimum absolute atomic E-state index is 0.187. The minimum Gasteiger partial charge on any atom is -0.306 e. The molecule has 0 radical (unpaired) electrons. The van der Waals surface area contributed by atoms with Gasteiger partial charge in [0.2, 0.25) is 10.0 Å². The topological polar surface area (TPSA) is 64.0 Å². The first-order valence-electron chi connectivity index (χ1n) is 6.37. The Morgan fingerprint density at radius 2 is 2.05 bits per heavy atom. The lowest BCUT2D eigenvalue weighted by atomic mass is 10.2. The van der Waals surface area contributed by atoms with Gasteiger partial charge < -0.3 is 4.57 Å². The van der Waals surface area contributed by atoms with Gasteiger partial charge in [0.05, 0.1) is 16.4 Å². The first-order chi connectivity index (χ1) is 10.6. The molecule has 2 aromatic heterocycles. The number of thiophene rings is 1. The Balaban J connectivity index is 1.83. The number of sulfonamides is 1. The molecule has 0 saturated heterocycles. The van der Waals surface area contributed by atoms with Crippen LogP contribution in [0.3, 0.4) is 0 Å². The third-order valence-corrected chi connectivity index (χ3v) is 6.16. The number of nitrogens with one attached hydrogen (secondary N) is 1. The van der Waals surface area contributed by atoms with E-state index in [-0.39, 0.29) is 10.8 Å². The molecule has 3 rings (SSSR count). The fraction of sp³-hybridized carbons (Fsp3) is 0.0714. The Bertz CT molecular complexity index is 873. The van der Waals surface area contributed by atoms with E-state index in [2.05, 4.69) is 9.71 Å². The molecule has 2 heterocycles. The summed E-state index contributed by atoms with van der Waals surface area (Å²) in [7, 11) is -3.56. The summed E-state index contributed by atoms with van der Waals surface area (Å²) in [5, 5.41) is 0. The second kappa shape index (κ2) is 6.21. The van der Waals surface area contributed by atoms with Gasteiger partial charge in [-0.2, -0.15) is 0 Å². The number of benzene rings is 1. The molecule has 1 N–H and O–H groups in total. The first-order valence-corrected chi connectivity index (χ1v) is 9.05. The number of rotatable bonds is 5. The van der Waals surface area contributed by atoms with Crippen LogP contribution in [0.1, 0.15) is 5.56 Å². The zero-order valence-corrected chi connectivity index (χ0v) is 13.7. The largest absolute Gasteiger partial charge is 0.306 e. The smallest absolute Gasteiger partial charge is 0.250 e. The van der Waals surface area contributed by atoms with E-state index in [0.717, 1.165) is 22.6 Å². The summed E-state index contributed by atoms with van der Waals surface area (Å²) < 4.78 is 29.6. The second-order valence-corrected chi connectivity index (χ2v) is 8.19. The normalized spacial score (nSPS) is 11.7. The average molecular weight is 354 g/mol. The van der Waals surface area contributed by atoms with Crippen LogP contribution >= 0.6 is 22.9 Å². The average Bonchev–Trinajstić information content (AvgIpc) is 3.17. The van der Waals surface area contributed by atoms with Gasteiger partial charge in [0, 0.05) is 18.9 Å². The van der Waals surface area contributed by atoms with Crippen molar-refractivity contribution in [2.75, 3.05) is 0 Å². The van der Waals surface area contributed by atoms with Gasteiger partial charge in [0.25, 0.3) is 0 Å². The summed E-state index contributed by atoms with van der Waals surface area (Å²) in [5.74, 6) is 0. The lowest BCUT2D eigenvalue weighted by Crippen LogP contribution is -2.23. The van der Waals surface area contributed by atoms with E-state index >= 15 is 0 Å². The fourth-order valence-corrected chi connectivity index (χ4v) is 4.53. The van der Waals surface area contributed by atoms with Crippen LogP contribution < -0.4 is 4.72 Å². The summed E-state index contributed by atoms with van der Waals surface area (Å²) in [5.41, 5.74) is 1.73. The van der Waals surface area contributed by atoms with Gasteiger partial charge in [-0.1, -0.05) is 29.8 Å². The highest BCUT2D eigenvalue weighted by Gasteiger charge is 2.17. The molecular weight excluding hydrogens is 342 g/mol. The summed E-state index contributed by atoms with van der Waals surface area (Å²) in [6.07, 6.45) is 5.16. The molecule has 0 bridgehead atoms. The van der Waals surface area contributed by atoms with Crippen molar-refractivity contribution in [2.45, 2.75) is 10.8 Å². The van der Waals surface area contributed by atoms with Gasteiger partial charge in [0.1, 0.15) is 4.21 Å². The van der Waals surface area contributed by atoms with Crippen LogP contribution in [-0.4, -0.2) is 18.0 Å². The summed E-state index contributed by atoms with van der Waals surface area (Å²) >= 11 is 6.82. The van der Waals surface area contributed by atoms with Crippen LogP contribution in [0.15, 0.2) is 59.3 Å². The zero-order chi connectivity index (χ0) is 15.6. The molecule has 0 amide bonds. The maximum absolute atomic E-state index is 12.2. The molecule has 3 aromatic rings. The third kappa shape index (κ3) is 3.22. The molecule has 0 aliphatic rings. The predicted molar refractivity (Wildman–Crippen MR) is 86.9 cm³/mol. The first kappa shape index (κ1) is 15.2. The van der Waals surface area contributed by atoms with Crippen molar-refractivity contribution < 1.29 is 8.42 Å². The van der Waals surface area contributed by atoms with E-state index in [1.165, 1.54) is 6.07 Å². The molecule has 22 heavy (non-hydrogen) atoms. The monoisotopic (exact) mass is 353 g/mol. The zero-order valence-electron chi connectivity index (χ0n) is 11.3. The standard InChI is InChI=1S/C14H12ClN3O2S2/c15-13-5-6-14(21-13)22(19,20)17-9-11-3-1-2-4-12(11)18-8-7-16-10-18/h1-8,10,17H,9H2. The molecular formula is C14H12ClN3O2S2. The highest BCUT2D eigenvalue weighted by Crippen LogP contribution is 2.25. The van der Waals surface area contributed by atoms with Gasteiger partial charge in [-0.15, -0.1) is 11.3 Å². The molecule has 0 fully saturated rings. The van der Waals surface area contributed by atoms with E-state index in [1.807, 2.05) is 35.0 Å². The molecule has 114 valence electrons. The number of para-hydroxylation sites is 1. The lowest BCUT2D eigenvalue weighted by molar-refractivity contribution is 0.583. The number of halogens is 1. The van der Waals surface area contributed by atoms with E-state index in [9.17, 15) is 8.42 Å².